The van der Waals surface area contributed by atoms with Gasteiger partial charge in [0.05, 0.1) is 23.4 Å². The molecule has 26 heavy (non-hydrogen) atoms. The van der Waals surface area contributed by atoms with E-state index in [-0.39, 0.29) is 10.8 Å². The molecule has 3 aromatic carbocycles. The highest BCUT2D eigenvalue weighted by Crippen LogP contribution is 2.39. The van der Waals surface area contributed by atoms with Crippen LogP contribution in [0.25, 0.3) is 10.8 Å². The van der Waals surface area contributed by atoms with Crippen LogP contribution in [0, 0.1) is 0 Å². The van der Waals surface area contributed by atoms with Crippen LogP contribution in [0.3, 0.4) is 0 Å². The zero-order valence-electron chi connectivity index (χ0n) is 14.2. The average molecular weight is 368 g/mol. The second kappa shape index (κ2) is 5.74. The minimum Gasteiger partial charge on any atom is -0.497 e. The van der Waals surface area contributed by atoms with Crippen molar-refractivity contribution >= 4 is 38.1 Å². The Labute approximate surface area is 151 Å². The summed E-state index contributed by atoms with van der Waals surface area (Å²) < 4.78 is 33.6. The SMILES string of the molecule is COc1cccc(NS(=O)(=O)c2ccc3c4c(cccc24)C(=O)N3C)c1. The van der Waals surface area contributed by atoms with Crippen LogP contribution in [0.1, 0.15) is 10.4 Å². The third-order valence-electron chi connectivity index (χ3n) is 4.49. The summed E-state index contributed by atoms with van der Waals surface area (Å²) in [6.07, 6.45) is 0. The molecule has 0 saturated carbocycles. The van der Waals surface area contributed by atoms with Crippen LogP contribution in [0.5, 0.6) is 5.75 Å². The van der Waals surface area contributed by atoms with Gasteiger partial charge in [0.1, 0.15) is 5.75 Å². The Morgan fingerprint density at radius 3 is 2.58 bits per heavy atom. The lowest BCUT2D eigenvalue weighted by molar-refractivity contribution is 0.0999. The number of methoxy groups -OCH3 is 1. The number of amides is 1. The van der Waals surface area contributed by atoms with E-state index in [1.807, 2.05) is 0 Å². The van der Waals surface area contributed by atoms with Crippen LogP contribution in [-0.4, -0.2) is 28.5 Å². The van der Waals surface area contributed by atoms with Crippen LogP contribution in [-0.2, 0) is 10.0 Å². The lowest BCUT2D eigenvalue weighted by Gasteiger charge is -2.13. The maximum absolute atomic E-state index is 13.0. The maximum Gasteiger partial charge on any atom is 0.262 e. The average Bonchev–Trinajstić information content (AvgIpc) is 2.88. The van der Waals surface area contributed by atoms with E-state index in [0.717, 1.165) is 0 Å². The van der Waals surface area contributed by atoms with Crippen molar-refractivity contribution in [3.63, 3.8) is 0 Å². The van der Waals surface area contributed by atoms with E-state index in [9.17, 15) is 13.2 Å². The molecule has 1 aliphatic rings. The molecule has 3 aromatic rings. The predicted molar refractivity (Wildman–Crippen MR) is 100 cm³/mol. The molecule has 0 aromatic heterocycles. The van der Waals surface area contributed by atoms with Gasteiger partial charge >= 0.3 is 0 Å². The van der Waals surface area contributed by atoms with Crippen molar-refractivity contribution in [1.82, 2.24) is 0 Å². The van der Waals surface area contributed by atoms with Crippen LogP contribution in [0.15, 0.2) is 59.5 Å². The van der Waals surface area contributed by atoms with E-state index < -0.39 is 10.0 Å². The number of nitrogens with one attached hydrogen (secondary N) is 1. The largest absolute Gasteiger partial charge is 0.497 e. The molecule has 0 saturated heterocycles. The molecule has 4 rings (SSSR count). The molecule has 1 N–H and O–H groups in total. The minimum absolute atomic E-state index is 0.129. The molecule has 0 spiro atoms. The lowest BCUT2D eigenvalue weighted by atomic mass is 10.1. The standard InChI is InChI=1S/C19H16N2O4S/c1-21-16-9-10-17(14-7-4-8-15(18(14)16)19(21)22)26(23,24)20-12-5-3-6-13(11-12)25-2/h3-11,20H,1-2H3. The van der Waals surface area contributed by atoms with Crippen molar-refractivity contribution in [3.05, 3.63) is 60.2 Å². The van der Waals surface area contributed by atoms with Crippen molar-refractivity contribution < 1.29 is 17.9 Å². The van der Waals surface area contributed by atoms with Gasteiger partial charge in [0.15, 0.2) is 0 Å². The predicted octanol–water partition coefficient (Wildman–Crippen LogP) is 3.24. The fourth-order valence-electron chi connectivity index (χ4n) is 3.24. The van der Waals surface area contributed by atoms with E-state index in [1.165, 1.54) is 18.1 Å². The van der Waals surface area contributed by atoms with Crippen molar-refractivity contribution in [1.29, 1.82) is 0 Å². The fourth-order valence-corrected chi connectivity index (χ4v) is 4.49. The maximum atomic E-state index is 13.0. The molecule has 7 heteroatoms. The summed E-state index contributed by atoms with van der Waals surface area (Å²) in [6, 6.07) is 15.0. The molecule has 1 aliphatic heterocycles. The van der Waals surface area contributed by atoms with Crippen molar-refractivity contribution in [2.45, 2.75) is 4.90 Å². The number of nitrogens with zero attached hydrogens (tertiary/aromatic N) is 1. The number of ether oxygens (including phenoxy) is 1. The second-order valence-electron chi connectivity index (χ2n) is 6.01. The normalized spacial score (nSPS) is 13.3. The van der Waals surface area contributed by atoms with Gasteiger partial charge in [-0.3, -0.25) is 9.52 Å². The summed E-state index contributed by atoms with van der Waals surface area (Å²) in [5.41, 5.74) is 1.63. The number of carbonyl (C=O) groups excluding carboxylic acids is 1. The van der Waals surface area contributed by atoms with Gasteiger partial charge in [0.25, 0.3) is 15.9 Å². The molecular formula is C19H16N2O4S. The van der Waals surface area contributed by atoms with Gasteiger partial charge in [-0.25, -0.2) is 8.42 Å². The first-order valence-corrected chi connectivity index (χ1v) is 9.41. The molecule has 0 fully saturated rings. The Bertz CT molecular complexity index is 1160. The van der Waals surface area contributed by atoms with Gasteiger partial charge in [-0.05, 0) is 30.3 Å². The van der Waals surface area contributed by atoms with E-state index in [1.54, 1.807) is 55.6 Å². The molecule has 6 nitrogen and oxygen atoms in total. The number of benzene rings is 3. The molecule has 0 radical (unpaired) electrons. The summed E-state index contributed by atoms with van der Waals surface area (Å²) in [5.74, 6) is 0.415. The highest BCUT2D eigenvalue weighted by Gasteiger charge is 2.30. The fraction of sp³-hybridized carbons (Fsp3) is 0.105. The monoisotopic (exact) mass is 368 g/mol. The van der Waals surface area contributed by atoms with E-state index in [4.69, 9.17) is 4.74 Å². The number of sulfonamides is 1. The number of anilines is 2. The van der Waals surface area contributed by atoms with Gasteiger partial charge < -0.3 is 9.64 Å². The molecule has 132 valence electrons. The quantitative estimate of drug-likeness (QED) is 0.767. The second-order valence-corrected chi connectivity index (χ2v) is 7.66. The van der Waals surface area contributed by atoms with Crippen molar-refractivity contribution in [2.75, 3.05) is 23.8 Å². The summed E-state index contributed by atoms with van der Waals surface area (Å²) in [7, 11) is -0.642. The smallest absolute Gasteiger partial charge is 0.262 e. The van der Waals surface area contributed by atoms with E-state index in [2.05, 4.69) is 4.72 Å². The Morgan fingerprint density at radius 2 is 1.81 bits per heavy atom. The summed E-state index contributed by atoms with van der Waals surface area (Å²) in [5, 5.41) is 1.18. The summed E-state index contributed by atoms with van der Waals surface area (Å²) in [4.78, 5) is 14.0. The molecule has 0 aliphatic carbocycles. The van der Waals surface area contributed by atoms with Gasteiger partial charge in [0.2, 0.25) is 0 Å². The molecule has 0 bridgehead atoms. The van der Waals surface area contributed by atoms with Crippen molar-refractivity contribution in [2.24, 2.45) is 0 Å². The van der Waals surface area contributed by atoms with Crippen LogP contribution in [0.2, 0.25) is 0 Å². The van der Waals surface area contributed by atoms with Crippen LogP contribution >= 0.6 is 0 Å². The molecular weight excluding hydrogens is 352 g/mol. The molecule has 1 heterocycles. The van der Waals surface area contributed by atoms with Gasteiger partial charge in [-0.15, -0.1) is 0 Å². The number of rotatable bonds is 4. The first-order valence-electron chi connectivity index (χ1n) is 7.93. The van der Waals surface area contributed by atoms with Crippen LogP contribution in [0.4, 0.5) is 11.4 Å². The highest BCUT2D eigenvalue weighted by atomic mass is 32.2. The van der Waals surface area contributed by atoms with Gasteiger partial charge in [-0.1, -0.05) is 18.2 Å². The minimum atomic E-state index is -3.84. The van der Waals surface area contributed by atoms with Gasteiger partial charge in [0, 0.05) is 29.4 Å². The first-order chi connectivity index (χ1) is 12.4. The van der Waals surface area contributed by atoms with E-state index in [0.29, 0.717) is 33.5 Å². The zero-order chi connectivity index (χ0) is 18.5. The Morgan fingerprint density at radius 1 is 1.04 bits per heavy atom. The van der Waals surface area contributed by atoms with E-state index >= 15 is 0 Å². The van der Waals surface area contributed by atoms with Crippen molar-refractivity contribution in [3.8, 4) is 5.75 Å². The third kappa shape index (κ3) is 2.40. The Balaban J connectivity index is 1.86. The summed E-state index contributed by atoms with van der Waals surface area (Å²) in [6.45, 7) is 0. The Hall–Kier alpha value is -3.06. The number of hydrogen-bond donors (Lipinski definition) is 1. The summed E-state index contributed by atoms with van der Waals surface area (Å²) >= 11 is 0. The third-order valence-corrected chi connectivity index (χ3v) is 5.93. The molecule has 0 unspecified atom stereocenters. The zero-order valence-corrected chi connectivity index (χ0v) is 15.0. The Kier molecular flexibility index (Phi) is 3.62. The molecule has 0 atom stereocenters. The lowest BCUT2D eigenvalue weighted by Crippen LogP contribution is -2.20. The van der Waals surface area contributed by atoms with Crippen LogP contribution < -0.4 is 14.4 Å². The highest BCUT2D eigenvalue weighted by molar-refractivity contribution is 7.93. The topological polar surface area (TPSA) is 75.7 Å². The number of carbonyl (C=O) groups is 1. The van der Waals surface area contributed by atoms with Gasteiger partial charge in [-0.2, -0.15) is 0 Å². The molecule has 1 amide bonds. The number of hydrogen-bond acceptors (Lipinski definition) is 4. The first kappa shape index (κ1) is 16.4.